The second-order valence-electron chi connectivity index (χ2n) is 6.45. The number of ether oxygens (including phenoxy) is 1. The minimum Gasteiger partial charge on any atom is -0.469 e. The Morgan fingerprint density at radius 1 is 1.32 bits per heavy atom. The highest BCUT2D eigenvalue weighted by Crippen LogP contribution is 2.32. The number of nitrogens with one attached hydrogen (secondary N) is 1. The second kappa shape index (κ2) is 5.90. The van der Waals surface area contributed by atoms with Gasteiger partial charge in [-0.3, -0.25) is 9.59 Å². The Kier molecular flexibility index (Phi) is 4.96. The number of methoxy groups -OCH3 is 1. The Morgan fingerprint density at radius 2 is 1.84 bits per heavy atom. The molecule has 1 rings (SSSR count). The predicted octanol–water partition coefficient (Wildman–Crippen LogP) is 1.24. The lowest BCUT2D eigenvalue weighted by Crippen LogP contribution is -2.48. The van der Waals surface area contributed by atoms with E-state index in [-0.39, 0.29) is 24.3 Å². The molecule has 1 aliphatic carbocycles. The van der Waals surface area contributed by atoms with Crippen LogP contribution in [0.1, 0.15) is 46.5 Å². The molecule has 5 heteroatoms. The van der Waals surface area contributed by atoms with Crippen LogP contribution < -0.4 is 5.32 Å². The normalized spacial score (nSPS) is 27.7. The summed E-state index contributed by atoms with van der Waals surface area (Å²) in [5.74, 6) is -0.402. The lowest BCUT2D eigenvalue weighted by atomic mass is 9.78. The van der Waals surface area contributed by atoms with Crippen molar-refractivity contribution in [3.8, 4) is 0 Å². The Bertz CT molecular complexity index is 338. The van der Waals surface area contributed by atoms with Crippen LogP contribution >= 0.6 is 0 Å². The predicted molar refractivity (Wildman–Crippen MR) is 71.4 cm³/mol. The number of carbonyl (C=O) groups is 2. The fourth-order valence-electron chi connectivity index (χ4n) is 2.24. The molecular formula is C14H25NO4. The molecule has 0 aromatic heterocycles. The summed E-state index contributed by atoms with van der Waals surface area (Å²) in [6, 6.07) is 0. The monoisotopic (exact) mass is 271 g/mol. The van der Waals surface area contributed by atoms with Crippen LogP contribution in [0.3, 0.4) is 0 Å². The maximum atomic E-state index is 11.8. The van der Waals surface area contributed by atoms with Crippen molar-refractivity contribution >= 4 is 11.9 Å². The molecule has 0 bridgehead atoms. The molecule has 2 N–H and O–H groups in total. The van der Waals surface area contributed by atoms with E-state index < -0.39 is 11.0 Å². The van der Waals surface area contributed by atoms with Gasteiger partial charge in [-0.2, -0.15) is 0 Å². The van der Waals surface area contributed by atoms with Crippen LogP contribution in [0, 0.1) is 11.3 Å². The summed E-state index contributed by atoms with van der Waals surface area (Å²) in [4.78, 5) is 23.2. The fraction of sp³-hybridized carbons (Fsp3) is 0.857. The Labute approximate surface area is 114 Å². The van der Waals surface area contributed by atoms with E-state index in [2.05, 4.69) is 5.32 Å². The van der Waals surface area contributed by atoms with Gasteiger partial charge in [0.2, 0.25) is 5.91 Å². The maximum Gasteiger partial charge on any atom is 0.308 e. The highest BCUT2D eigenvalue weighted by Gasteiger charge is 2.37. The van der Waals surface area contributed by atoms with Gasteiger partial charge in [0.1, 0.15) is 0 Å². The lowest BCUT2D eigenvalue weighted by molar-refractivity contribution is -0.148. The topological polar surface area (TPSA) is 75.6 Å². The molecule has 1 fully saturated rings. The van der Waals surface area contributed by atoms with E-state index in [0.717, 1.165) is 0 Å². The highest BCUT2D eigenvalue weighted by molar-refractivity contribution is 5.81. The van der Waals surface area contributed by atoms with Crippen LogP contribution in [0.25, 0.3) is 0 Å². The first-order chi connectivity index (χ1) is 8.68. The Hall–Kier alpha value is -1.10. The van der Waals surface area contributed by atoms with Crippen molar-refractivity contribution in [2.24, 2.45) is 11.3 Å². The summed E-state index contributed by atoms with van der Waals surface area (Å²) < 4.78 is 4.71. The third kappa shape index (κ3) is 4.49. The molecule has 0 unspecified atom stereocenters. The molecular weight excluding hydrogens is 246 g/mol. The van der Waals surface area contributed by atoms with Gasteiger partial charge in [-0.25, -0.2) is 0 Å². The van der Waals surface area contributed by atoms with Gasteiger partial charge in [0.05, 0.1) is 18.6 Å². The number of amides is 1. The molecule has 0 aromatic rings. The minimum atomic E-state index is -0.897. The highest BCUT2D eigenvalue weighted by atomic mass is 16.5. The summed E-state index contributed by atoms with van der Waals surface area (Å²) in [7, 11) is 1.38. The molecule has 110 valence electrons. The molecule has 0 radical (unpaired) electrons. The lowest BCUT2D eigenvalue weighted by Gasteiger charge is -2.35. The van der Waals surface area contributed by atoms with Crippen LogP contribution in [0.15, 0.2) is 0 Å². The van der Waals surface area contributed by atoms with E-state index in [1.165, 1.54) is 7.11 Å². The third-order valence-electron chi connectivity index (χ3n) is 3.71. The number of rotatable bonds is 3. The standard InChI is InChI=1S/C14H25NO4/c1-13(2,3)12(17)15-9-14(18)7-5-10(6-8-14)11(16)19-4/h10,18H,5-9H2,1-4H3,(H,15,17). The zero-order valence-electron chi connectivity index (χ0n) is 12.3. The molecule has 1 aliphatic rings. The number of carbonyl (C=O) groups excluding carboxylic acids is 2. The first-order valence-corrected chi connectivity index (χ1v) is 6.76. The van der Waals surface area contributed by atoms with Crippen LogP contribution in [0.5, 0.6) is 0 Å². The van der Waals surface area contributed by atoms with Gasteiger partial charge in [-0.1, -0.05) is 20.8 Å². The van der Waals surface area contributed by atoms with E-state index in [1.54, 1.807) is 0 Å². The molecule has 5 nitrogen and oxygen atoms in total. The van der Waals surface area contributed by atoms with Gasteiger partial charge in [0.25, 0.3) is 0 Å². The van der Waals surface area contributed by atoms with Gasteiger partial charge in [-0.15, -0.1) is 0 Å². The number of hydrogen-bond acceptors (Lipinski definition) is 4. The van der Waals surface area contributed by atoms with Crippen molar-refractivity contribution in [2.75, 3.05) is 13.7 Å². The van der Waals surface area contributed by atoms with Crippen LogP contribution in [-0.4, -0.2) is 36.2 Å². The molecule has 0 aliphatic heterocycles. The van der Waals surface area contributed by atoms with E-state index in [4.69, 9.17) is 4.74 Å². The molecule has 0 heterocycles. The average Bonchev–Trinajstić information content (AvgIpc) is 2.35. The second-order valence-corrected chi connectivity index (χ2v) is 6.45. The van der Waals surface area contributed by atoms with Gasteiger partial charge in [0.15, 0.2) is 0 Å². The fourth-order valence-corrected chi connectivity index (χ4v) is 2.24. The summed E-state index contributed by atoms with van der Waals surface area (Å²) >= 11 is 0. The molecule has 1 saturated carbocycles. The van der Waals surface area contributed by atoms with Crippen LogP contribution in [-0.2, 0) is 14.3 Å². The van der Waals surface area contributed by atoms with E-state index >= 15 is 0 Å². The van der Waals surface area contributed by atoms with Crippen LogP contribution in [0.4, 0.5) is 0 Å². The summed E-state index contributed by atoms with van der Waals surface area (Å²) in [6.45, 7) is 5.75. The van der Waals surface area contributed by atoms with Crippen molar-refractivity contribution in [2.45, 2.75) is 52.1 Å². The number of hydrogen-bond donors (Lipinski definition) is 2. The van der Waals surface area contributed by atoms with Crippen molar-refractivity contribution in [3.63, 3.8) is 0 Å². The van der Waals surface area contributed by atoms with Crippen molar-refractivity contribution in [1.29, 1.82) is 0 Å². The Morgan fingerprint density at radius 3 is 2.26 bits per heavy atom. The molecule has 0 spiro atoms. The number of esters is 1. The van der Waals surface area contributed by atoms with Gasteiger partial charge < -0.3 is 15.2 Å². The first kappa shape index (κ1) is 16.0. The maximum absolute atomic E-state index is 11.8. The van der Waals surface area contributed by atoms with Gasteiger partial charge in [-0.05, 0) is 25.7 Å². The number of aliphatic hydroxyl groups is 1. The summed E-state index contributed by atoms with van der Waals surface area (Å²) in [5, 5.41) is 13.2. The molecule has 1 amide bonds. The molecule has 0 saturated heterocycles. The van der Waals surface area contributed by atoms with Crippen molar-refractivity contribution in [3.05, 3.63) is 0 Å². The van der Waals surface area contributed by atoms with E-state index in [1.807, 2.05) is 20.8 Å². The van der Waals surface area contributed by atoms with Crippen molar-refractivity contribution < 1.29 is 19.4 Å². The van der Waals surface area contributed by atoms with Gasteiger partial charge in [0, 0.05) is 12.0 Å². The van der Waals surface area contributed by atoms with E-state index in [9.17, 15) is 14.7 Å². The largest absolute Gasteiger partial charge is 0.469 e. The first-order valence-electron chi connectivity index (χ1n) is 6.76. The quantitative estimate of drug-likeness (QED) is 0.757. The van der Waals surface area contributed by atoms with Crippen molar-refractivity contribution in [1.82, 2.24) is 5.32 Å². The SMILES string of the molecule is COC(=O)C1CCC(O)(CNC(=O)C(C)(C)C)CC1. The zero-order valence-corrected chi connectivity index (χ0v) is 12.3. The average molecular weight is 271 g/mol. The third-order valence-corrected chi connectivity index (χ3v) is 3.71. The van der Waals surface area contributed by atoms with Gasteiger partial charge >= 0.3 is 5.97 Å². The summed E-state index contributed by atoms with van der Waals surface area (Å²) in [6.07, 6.45) is 2.23. The summed E-state index contributed by atoms with van der Waals surface area (Å²) in [5.41, 5.74) is -1.36. The molecule has 19 heavy (non-hydrogen) atoms. The molecule has 0 atom stereocenters. The molecule has 0 aromatic carbocycles. The minimum absolute atomic E-state index is 0.0731. The van der Waals surface area contributed by atoms with Crippen LogP contribution in [0.2, 0.25) is 0 Å². The Balaban J connectivity index is 2.44. The smallest absolute Gasteiger partial charge is 0.308 e. The van der Waals surface area contributed by atoms with E-state index in [0.29, 0.717) is 25.7 Å². The zero-order chi connectivity index (χ0) is 14.7.